The van der Waals surface area contributed by atoms with Gasteiger partial charge in [0.25, 0.3) is 0 Å². The summed E-state index contributed by atoms with van der Waals surface area (Å²) in [6, 6.07) is 8.33. The van der Waals surface area contributed by atoms with Crippen molar-refractivity contribution in [2.24, 2.45) is 5.92 Å². The molecule has 0 radical (unpaired) electrons. The van der Waals surface area contributed by atoms with E-state index in [1.807, 2.05) is 12.4 Å². The lowest BCUT2D eigenvalue weighted by Gasteiger charge is -2.13. The van der Waals surface area contributed by atoms with Gasteiger partial charge in [-0.2, -0.15) is 0 Å². The fourth-order valence-corrected chi connectivity index (χ4v) is 1.98. The van der Waals surface area contributed by atoms with Crippen LogP contribution in [-0.2, 0) is 6.54 Å². The predicted molar refractivity (Wildman–Crippen MR) is 63.8 cm³/mol. The first-order valence-electron chi connectivity index (χ1n) is 5.75. The van der Waals surface area contributed by atoms with Crippen molar-refractivity contribution in [3.8, 4) is 0 Å². The summed E-state index contributed by atoms with van der Waals surface area (Å²) in [6.45, 7) is 5.61. The van der Waals surface area contributed by atoms with Crippen LogP contribution >= 0.6 is 0 Å². The minimum atomic E-state index is 0.766. The summed E-state index contributed by atoms with van der Waals surface area (Å²) in [4.78, 5) is 4.40. The van der Waals surface area contributed by atoms with Crippen LogP contribution in [0.25, 0.3) is 11.0 Å². The number of para-hydroxylation sites is 2. The van der Waals surface area contributed by atoms with Crippen molar-refractivity contribution in [2.75, 3.05) is 0 Å². The van der Waals surface area contributed by atoms with E-state index in [1.54, 1.807) is 0 Å². The number of benzene rings is 1. The first kappa shape index (κ1) is 10.2. The molecule has 0 unspecified atom stereocenters. The Kier molecular flexibility index (Phi) is 3.05. The van der Waals surface area contributed by atoms with E-state index in [-0.39, 0.29) is 0 Å². The summed E-state index contributed by atoms with van der Waals surface area (Å²) in [5.41, 5.74) is 2.35. The van der Waals surface area contributed by atoms with E-state index in [9.17, 15) is 0 Å². The van der Waals surface area contributed by atoms with Gasteiger partial charge in [-0.15, -0.1) is 0 Å². The van der Waals surface area contributed by atoms with Crippen LogP contribution in [0.5, 0.6) is 0 Å². The first-order chi connectivity index (χ1) is 7.35. The van der Waals surface area contributed by atoms with E-state index >= 15 is 0 Å². The molecule has 2 nitrogen and oxygen atoms in total. The average Bonchev–Trinajstić information content (AvgIpc) is 2.69. The molecule has 0 fully saturated rings. The Hall–Kier alpha value is -1.31. The molecule has 2 heteroatoms. The molecule has 0 N–H and O–H groups in total. The molecule has 1 aromatic heterocycles. The Balaban J connectivity index is 2.28. The van der Waals surface area contributed by atoms with E-state index in [2.05, 4.69) is 41.6 Å². The second kappa shape index (κ2) is 4.47. The molecule has 1 heterocycles. The normalized spacial score (nSPS) is 11.4. The highest BCUT2D eigenvalue weighted by Crippen LogP contribution is 2.16. The molecule has 0 spiro atoms. The molecule has 0 aliphatic rings. The predicted octanol–water partition coefficient (Wildman–Crippen LogP) is 3.47. The summed E-state index contributed by atoms with van der Waals surface area (Å²) in [7, 11) is 0. The number of aromatic nitrogens is 2. The van der Waals surface area contributed by atoms with E-state index in [0.29, 0.717) is 0 Å². The van der Waals surface area contributed by atoms with Gasteiger partial charge in [0.1, 0.15) is 0 Å². The third-order valence-electron chi connectivity index (χ3n) is 3.14. The molecule has 0 saturated carbocycles. The van der Waals surface area contributed by atoms with Gasteiger partial charge >= 0.3 is 0 Å². The fraction of sp³-hybridized carbons (Fsp3) is 0.462. The maximum Gasteiger partial charge on any atom is 0.0958 e. The topological polar surface area (TPSA) is 17.8 Å². The van der Waals surface area contributed by atoms with Crippen LogP contribution in [0.15, 0.2) is 30.6 Å². The number of imidazole rings is 1. The van der Waals surface area contributed by atoms with Gasteiger partial charge in [-0.1, -0.05) is 38.8 Å². The Morgan fingerprint density at radius 2 is 1.93 bits per heavy atom. The van der Waals surface area contributed by atoms with E-state index in [1.165, 1.54) is 18.4 Å². The molecule has 0 aliphatic carbocycles. The molecule has 0 amide bonds. The van der Waals surface area contributed by atoms with E-state index in [0.717, 1.165) is 18.0 Å². The Morgan fingerprint density at radius 1 is 1.20 bits per heavy atom. The Labute approximate surface area is 90.9 Å². The summed E-state index contributed by atoms with van der Waals surface area (Å²) in [6.07, 6.45) is 4.44. The number of hydrogen-bond acceptors (Lipinski definition) is 1. The van der Waals surface area contributed by atoms with Crippen molar-refractivity contribution in [1.29, 1.82) is 0 Å². The van der Waals surface area contributed by atoms with Gasteiger partial charge in [0.15, 0.2) is 0 Å². The van der Waals surface area contributed by atoms with Gasteiger partial charge in [0, 0.05) is 6.54 Å². The largest absolute Gasteiger partial charge is 0.330 e. The lowest BCUT2D eigenvalue weighted by molar-refractivity contribution is 0.424. The van der Waals surface area contributed by atoms with Crippen LogP contribution in [0.1, 0.15) is 26.7 Å². The fourth-order valence-electron chi connectivity index (χ4n) is 1.98. The molecule has 2 rings (SSSR count). The SMILES string of the molecule is CCC(CC)Cn1cnc2ccccc21. The maximum absolute atomic E-state index is 4.40. The van der Waals surface area contributed by atoms with Crippen LogP contribution < -0.4 is 0 Å². The second-order valence-electron chi connectivity index (χ2n) is 4.07. The molecule has 1 aromatic carbocycles. The van der Waals surface area contributed by atoms with Crippen molar-refractivity contribution >= 4 is 11.0 Å². The van der Waals surface area contributed by atoms with Gasteiger partial charge in [-0.05, 0) is 18.1 Å². The van der Waals surface area contributed by atoms with Crippen molar-refractivity contribution < 1.29 is 0 Å². The molecule has 0 saturated heterocycles. The molecular formula is C13H18N2. The van der Waals surface area contributed by atoms with Crippen molar-refractivity contribution in [1.82, 2.24) is 9.55 Å². The molecular weight excluding hydrogens is 184 g/mol. The number of nitrogens with zero attached hydrogens (tertiary/aromatic N) is 2. The Bertz CT molecular complexity index is 427. The number of rotatable bonds is 4. The van der Waals surface area contributed by atoms with Crippen LogP contribution in [0.2, 0.25) is 0 Å². The number of hydrogen-bond donors (Lipinski definition) is 0. The zero-order valence-corrected chi connectivity index (χ0v) is 9.48. The highest BCUT2D eigenvalue weighted by Gasteiger charge is 2.07. The molecule has 15 heavy (non-hydrogen) atoms. The minimum Gasteiger partial charge on any atom is -0.330 e. The third kappa shape index (κ3) is 2.04. The Morgan fingerprint density at radius 3 is 2.67 bits per heavy atom. The van der Waals surface area contributed by atoms with Crippen molar-refractivity contribution in [3.63, 3.8) is 0 Å². The molecule has 0 aliphatic heterocycles. The minimum absolute atomic E-state index is 0.766. The second-order valence-corrected chi connectivity index (χ2v) is 4.07. The average molecular weight is 202 g/mol. The van der Waals surface area contributed by atoms with E-state index in [4.69, 9.17) is 0 Å². The summed E-state index contributed by atoms with van der Waals surface area (Å²) < 4.78 is 2.27. The molecule has 0 atom stereocenters. The van der Waals surface area contributed by atoms with Crippen LogP contribution in [0.4, 0.5) is 0 Å². The molecule has 2 aromatic rings. The summed E-state index contributed by atoms with van der Waals surface area (Å²) >= 11 is 0. The lowest BCUT2D eigenvalue weighted by atomic mass is 10.0. The van der Waals surface area contributed by atoms with Gasteiger partial charge in [-0.25, -0.2) is 4.98 Å². The van der Waals surface area contributed by atoms with Gasteiger partial charge in [-0.3, -0.25) is 0 Å². The zero-order chi connectivity index (χ0) is 10.7. The van der Waals surface area contributed by atoms with Crippen LogP contribution in [0.3, 0.4) is 0 Å². The lowest BCUT2D eigenvalue weighted by Crippen LogP contribution is -2.07. The summed E-state index contributed by atoms with van der Waals surface area (Å²) in [5.74, 6) is 0.766. The van der Waals surface area contributed by atoms with Crippen molar-refractivity contribution in [3.05, 3.63) is 30.6 Å². The zero-order valence-electron chi connectivity index (χ0n) is 9.48. The summed E-state index contributed by atoms with van der Waals surface area (Å²) in [5, 5.41) is 0. The van der Waals surface area contributed by atoms with E-state index < -0.39 is 0 Å². The molecule has 80 valence electrons. The number of fused-ring (bicyclic) bond motifs is 1. The van der Waals surface area contributed by atoms with Crippen LogP contribution in [0, 0.1) is 5.92 Å². The standard InChI is InChI=1S/C13H18N2/c1-3-11(4-2)9-15-10-14-12-7-5-6-8-13(12)15/h5-8,10-11H,3-4,9H2,1-2H3. The quantitative estimate of drug-likeness (QED) is 0.742. The highest BCUT2D eigenvalue weighted by atomic mass is 15.0. The molecule has 0 bridgehead atoms. The maximum atomic E-state index is 4.40. The van der Waals surface area contributed by atoms with Gasteiger partial charge in [0.2, 0.25) is 0 Å². The van der Waals surface area contributed by atoms with Gasteiger partial charge in [0.05, 0.1) is 17.4 Å². The smallest absolute Gasteiger partial charge is 0.0958 e. The first-order valence-corrected chi connectivity index (χ1v) is 5.75. The highest BCUT2D eigenvalue weighted by molar-refractivity contribution is 5.74. The van der Waals surface area contributed by atoms with Crippen molar-refractivity contribution in [2.45, 2.75) is 33.2 Å². The monoisotopic (exact) mass is 202 g/mol. The van der Waals surface area contributed by atoms with Gasteiger partial charge < -0.3 is 4.57 Å². The van der Waals surface area contributed by atoms with Crippen LogP contribution in [-0.4, -0.2) is 9.55 Å². The third-order valence-corrected chi connectivity index (χ3v) is 3.14.